The average Bonchev–Trinajstić information content (AvgIpc) is 2.48. The molecule has 1 heterocycles. The number of benzene rings is 1. The third-order valence-corrected chi connectivity index (χ3v) is 2.53. The van der Waals surface area contributed by atoms with E-state index in [9.17, 15) is 4.79 Å². The van der Waals surface area contributed by atoms with Gasteiger partial charge in [0.2, 0.25) is 5.91 Å². The molecular formula is C15H17N3O2. The van der Waals surface area contributed by atoms with Crippen LogP contribution in [0.3, 0.4) is 0 Å². The van der Waals surface area contributed by atoms with Gasteiger partial charge in [-0.2, -0.15) is 0 Å². The number of rotatable bonds is 6. The van der Waals surface area contributed by atoms with E-state index in [0.29, 0.717) is 12.3 Å². The van der Waals surface area contributed by atoms with E-state index in [1.165, 1.54) is 0 Å². The van der Waals surface area contributed by atoms with Crippen LogP contribution in [-0.2, 0) is 9.53 Å². The normalized spacial score (nSPS) is 10.1. The fourth-order valence-electron chi connectivity index (χ4n) is 1.60. The summed E-state index contributed by atoms with van der Waals surface area (Å²) in [6.45, 7) is 2.42. The monoisotopic (exact) mass is 271 g/mol. The summed E-state index contributed by atoms with van der Waals surface area (Å²) in [6.07, 6.45) is 1.61. The number of hydrogen-bond acceptors (Lipinski definition) is 4. The zero-order valence-corrected chi connectivity index (χ0v) is 11.3. The average molecular weight is 271 g/mol. The molecule has 1 amide bonds. The molecule has 0 aliphatic rings. The molecule has 0 fully saturated rings. The molecular weight excluding hydrogens is 254 g/mol. The van der Waals surface area contributed by atoms with E-state index in [2.05, 4.69) is 15.6 Å². The van der Waals surface area contributed by atoms with Gasteiger partial charge in [-0.15, -0.1) is 0 Å². The van der Waals surface area contributed by atoms with Crippen molar-refractivity contribution in [2.75, 3.05) is 23.8 Å². The Morgan fingerprint density at radius 3 is 2.60 bits per heavy atom. The molecule has 20 heavy (non-hydrogen) atoms. The van der Waals surface area contributed by atoms with Crippen LogP contribution in [0.15, 0.2) is 48.7 Å². The van der Waals surface area contributed by atoms with Crippen molar-refractivity contribution in [3.05, 3.63) is 48.7 Å². The molecule has 0 spiro atoms. The van der Waals surface area contributed by atoms with Crippen molar-refractivity contribution in [2.24, 2.45) is 0 Å². The fraction of sp³-hybridized carbons (Fsp3) is 0.200. The first-order valence-corrected chi connectivity index (χ1v) is 6.43. The molecule has 2 aromatic rings. The second-order valence-electron chi connectivity index (χ2n) is 4.11. The highest BCUT2D eigenvalue weighted by molar-refractivity contribution is 5.91. The van der Waals surface area contributed by atoms with E-state index >= 15 is 0 Å². The summed E-state index contributed by atoms with van der Waals surface area (Å²) in [6, 6.07) is 13.4. The lowest BCUT2D eigenvalue weighted by atomic mass is 10.3. The highest BCUT2D eigenvalue weighted by atomic mass is 16.5. The first-order chi connectivity index (χ1) is 9.78. The van der Waals surface area contributed by atoms with Crippen LogP contribution < -0.4 is 10.6 Å². The number of hydrogen-bond donors (Lipinski definition) is 2. The fourth-order valence-corrected chi connectivity index (χ4v) is 1.60. The molecule has 1 aromatic heterocycles. The molecule has 0 radical (unpaired) electrons. The number of carbonyl (C=O) groups excluding carboxylic acids is 1. The number of anilines is 3. The molecule has 0 bridgehead atoms. The Balaban J connectivity index is 1.91. The lowest BCUT2D eigenvalue weighted by Gasteiger charge is -2.07. The summed E-state index contributed by atoms with van der Waals surface area (Å²) in [5, 5.41) is 5.88. The molecule has 104 valence electrons. The van der Waals surface area contributed by atoms with Gasteiger partial charge in [-0.3, -0.25) is 4.79 Å². The first kappa shape index (κ1) is 14.0. The largest absolute Gasteiger partial charge is 0.372 e. The number of para-hydroxylation sites is 1. The predicted octanol–water partition coefficient (Wildman–Crippen LogP) is 2.80. The summed E-state index contributed by atoms with van der Waals surface area (Å²) in [5.41, 5.74) is 1.61. The Morgan fingerprint density at radius 1 is 1.15 bits per heavy atom. The maximum Gasteiger partial charge on any atom is 0.250 e. The van der Waals surface area contributed by atoms with Crippen LogP contribution >= 0.6 is 0 Å². The molecule has 5 nitrogen and oxygen atoms in total. The minimum absolute atomic E-state index is 0.0561. The number of amides is 1. The first-order valence-electron chi connectivity index (χ1n) is 6.43. The van der Waals surface area contributed by atoms with Crippen molar-refractivity contribution >= 4 is 23.1 Å². The molecule has 2 N–H and O–H groups in total. The summed E-state index contributed by atoms with van der Waals surface area (Å²) in [5.74, 6) is 0.538. The minimum Gasteiger partial charge on any atom is -0.372 e. The van der Waals surface area contributed by atoms with Gasteiger partial charge in [0, 0.05) is 12.3 Å². The van der Waals surface area contributed by atoms with Crippen molar-refractivity contribution < 1.29 is 9.53 Å². The van der Waals surface area contributed by atoms with Gasteiger partial charge in [0.15, 0.2) is 0 Å². The summed E-state index contributed by atoms with van der Waals surface area (Å²) in [7, 11) is 0. The van der Waals surface area contributed by atoms with Crippen LogP contribution in [-0.4, -0.2) is 24.1 Å². The van der Waals surface area contributed by atoms with Gasteiger partial charge >= 0.3 is 0 Å². The van der Waals surface area contributed by atoms with E-state index < -0.39 is 0 Å². The summed E-state index contributed by atoms with van der Waals surface area (Å²) >= 11 is 0. The predicted molar refractivity (Wildman–Crippen MR) is 79.1 cm³/mol. The minimum atomic E-state index is -0.183. The van der Waals surface area contributed by atoms with Gasteiger partial charge in [0.25, 0.3) is 0 Å². The highest BCUT2D eigenvalue weighted by Gasteiger charge is 2.02. The summed E-state index contributed by atoms with van der Waals surface area (Å²) < 4.78 is 5.03. The van der Waals surface area contributed by atoms with Crippen molar-refractivity contribution in [2.45, 2.75) is 6.92 Å². The lowest BCUT2D eigenvalue weighted by molar-refractivity contribution is -0.120. The number of ether oxygens (including phenoxy) is 1. The van der Waals surface area contributed by atoms with Crippen LogP contribution in [0, 0.1) is 0 Å². The zero-order chi connectivity index (χ0) is 14.2. The van der Waals surface area contributed by atoms with E-state index in [1.807, 2.05) is 43.3 Å². The Kier molecular flexibility index (Phi) is 5.08. The number of aromatic nitrogens is 1. The molecule has 2 rings (SSSR count). The van der Waals surface area contributed by atoms with Gasteiger partial charge in [0.1, 0.15) is 12.4 Å². The lowest BCUT2D eigenvalue weighted by Crippen LogP contribution is -2.18. The van der Waals surface area contributed by atoms with Crippen LogP contribution in [0.25, 0.3) is 0 Å². The molecule has 1 aromatic carbocycles. The van der Waals surface area contributed by atoms with Gasteiger partial charge < -0.3 is 15.4 Å². The second kappa shape index (κ2) is 7.25. The van der Waals surface area contributed by atoms with Crippen LogP contribution in [0.5, 0.6) is 0 Å². The van der Waals surface area contributed by atoms with E-state index in [0.717, 1.165) is 11.5 Å². The number of nitrogens with zero attached hydrogens (tertiary/aromatic N) is 1. The Hall–Kier alpha value is -2.40. The third kappa shape index (κ3) is 4.37. The molecule has 0 saturated heterocycles. The molecule has 0 atom stereocenters. The Bertz CT molecular complexity index is 541. The smallest absolute Gasteiger partial charge is 0.250 e. The van der Waals surface area contributed by atoms with Crippen LogP contribution in [0.2, 0.25) is 0 Å². The van der Waals surface area contributed by atoms with Crippen LogP contribution in [0.1, 0.15) is 6.92 Å². The number of carbonyl (C=O) groups is 1. The van der Waals surface area contributed by atoms with Crippen molar-refractivity contribution in [3.8, 4) is 0 Å². The third-order valence-electron chi connectivity index (χ3n) is 2.53. The van der Waals surface area contributed by atoms with Crippen molar-refractivity contribution in [3.63, 3.8) is 0 Å². The maximum atomic E-state index is 11.5. The standard InChI is InChI=1S/C15H17N3O2/c1-2-20-11-15(19)18-13-8-9-14(16-10-13)17-12-6-4-3-5-7-12/h3-10H,2,11H2,1H3,(H,16,17)(H,18,19). The van der Waals surface area contributed by atoms with Crippen molar-refractivity contribution in [1.29, 1.82) is 0 Å². The molecule has 0 unspecified atom stereocenters. The zero-order valence-electron chi connectivity index (χ0n) is 11.3. The van der Waals surface area contributed by atoms with E-state index in [-0.39, 0.29) is 12.5 Å². The molecule has 5 heteroatoms. The van der Waals surface area contributed by atoms with Gasteiger partial charge in [-0.05, 0) is 31.2 Å². The molecule has 0 aliphatic carbocycles. The van der Waals surface area contributed by atoms with E-state index in [1.54, 1.807) is 12.3 Å². The SMILES string of the molecule is CCOCC(=O)Nc1ccc(Nc2ccccc2)nc1. The van der Waals surface area contributed by atoms with Gasteiger partial charge in [-0.25, -0.2) is 4.98 Å². The highest BCUT2D eigenvalue weighted by Crippen LogP contribution is 2.15. The number of pyridine rings is 1. The summed E-state index contributed by atoms with van der Waals surface area (Å²) in [4.78, 5) is 15.7. The Labute approximate surface area is 118 Å². The van der Waals surface area contributed by atoms with Crippen LogP contribution in [0.4, 0.5) is 17.2 Å². The topological polar surface area (TPSA) is 63.2 Å². The quantitative estimate of drug-likeness (QED) is 0.848. The van der Waals surface area contributed by atoms with Gasteiger partial charge in [0.05, 0.1) is 11.9 Å². The second-order valence-corrected chi connectivity index (χ2v) is 4.11. The van der Waals surface area contributed by atoms with Crippen molar-refractivity contribution in [1.82, 2.24) is 4.98 Å². The molecule has 0 saturated carbocycles. The maximum absolute atomic E-state index is 11.5. The Morgan fingerprint density at radius 2 is 1.95 bits per heavy atom. The molecule has 0 aliphatic heterocycles. The van der Waals surface area contributed by atoms with E-state index in [4.69, 9.17) is 4.74 Å². The van der Waals surface area contributed by atoms with Gasteiger partial charge in [-0.1, -0.05) is 18.2 Å². The number of nitrogens with one attached hydrogen (secondary N) is 2.